The zero-order chi connectivity index (χ0) is 25.3. The van der Waals surface area contributed by atoms with Crippen LogP contribution in [0.5, 0.6) is 5.75 Å². The number of Topliss-reactive ketones (excluding diaryl/α,β-unsaturated/α-hetero) is 1. The normalized spacial score (nSPS) is 11.7. The molecule has 4 aromatic rings. The van der Waals surface area contributed by atoms with Crippen LogP contribution in [0.15, 0.2) is 58.5 Å². The number of carbonyl (C=O) groups excluding carboxylic acids is 1. The minimum absolute atomic E-state index is 0.0798. The van der Waals surface area contributed by atoms with Crippen LogP contribution in [0.2, 0.25) is 0 Å². The predicted octanol–water partition coefficient (Wildman–Crippen LogP) is 6.38. The first-order valence-corrected chi connectivity index (χ1v) is 13.5. The molecule has 182 valence electrons. The van der Waals surface area contributed by atoms with Gasteiger partial charge in [0.15, 0.2) is 14.8 Å². The van der Waals surface area contributed by atoms with E-state index in [2.05, 4.69) is 0 Å². The highest BCUT2D eigenvalue weighted by atomic mass is 32.2. The second kappa shape index (κ2) is 10.1. The van der Waals surface area contributed by atoms with Crippen molar-refractivity contribution in [1.29, 1.82) is 0 Å². The summed E-state index contributed by atoms with van der Waals surface area (Å²) in [7, 11) is 0. The molecule has 0 radical (unpaired) electrons. The van der Waals surface area contributed by atoms with Gasteiger partial charge in [-0.2, -0.15) is 0 Å². The summed E-state index contributed by atoms with van der Waals surface area (Å²) < 4.78 is 9.99. The third kappa shape index (κ3) is 5.12. The standard InChI is InChI=1S/C26H27N3O3S3/c1-6-32-18-13-11-17(12-14-18)28-23(31)21-22(27-24(28)34-15-20(30)26(3,4)5)29(25(33)35-21)19-10-8-7-9-16(19)2/h7-14H,6,15H2,1-5H3. The highest BCUT2D eigenvalue weighted by Gasteiger charge is 2.24. The fraction of sp³-hybridized carbons (Fsp3) is 0.308. The molecule has 0 fully saturated rings. The summed E-state index contributed by atoms with van der Waals surface area (Å²) in [5, 5.41) is 0.444. The van der Waals surface area contributed by atoms with E-state index in [1.807, 2.05) is 87.7 Å². The summed E-state index contributed by atoms with van der Waals surface area (Å²) >= 11 is 8.19. The molecule has 9 heteroatoms. The Labute approximate surface area is 217 Å². The van der Waals surface area contributed by atoms with Crippen LogP contribution in [0, 0.1) is 16.3 Å². The molecule has 2 aromatic heterocycles. The number of thioether (sulfide) groups is 1. The Morgan fingerprint density at radius 1 is 1.11 bits per heavy atom. The van der Waals surface area contributed by atoms with Crippen LogP contribution in [-0.2, 0) is 4.79 Å². The Bertz CT molecular complexity index is 1510. The SMILES string of the molecule is CCOc1ccc(-n2c(SCC(=O)C(C)(C)C)nc3c(sc(=S)n3-c3ccccc3C)c2=O)cc1. The molecule has 0 saturated heterocycles. The van der Waals surface area contributed by atoms with Crippen LogP contribution >= 0.6 is 35.3 Å². The Hall–Kier alpha value is -2.75. The zero-order valence-corrected chi connectivity index (χ0v) is 22.8. The quantitative estimate of drug-likeness (QED) is 0.158. The number of para-hydroxylation sites is 1. The maximum absolute atomic E-state index is 13.8. The highest BCUT2D eigenvalue weighted by Crippen LogP contribution is 2.30. The third-order valence-electron chi connectivity index (χ3n) is 5.51. The van der Waals surface area contributed by atoms with E-state index in [1.54, 1.807) is 4.57 Å². The molecule has 0 amide bonds. The number of fused-ring (bicyclic) bond motifs is 1. The molecule has 0 N–H and O–H groups in total. The molecule has 0 spiro atoms. The van der Waals surface area contributed by atoms with Crippen LogP contribution in [0.25, 0.3) is 21.7 Å². The number of nitrogens with zero attached hydrogens (tertiary/aromatic N) is 3. The maximum Gasteiger partial charge on any atom is 0.278 e. The van der Waals surface area contributed by atoms with Crippen LogP contribution in [0.1, 0.15) is 33.3 Å². The van der Waals surface area contributed by atoms with Crippen LogP contribution < -0.4 is 10.3 Å². The fourth-order valence-corrected chi connectivity index (χ4v) is 5.95. The lowest BCUT2D eigenvalue weighted by Crippen LogP contribution is -2.24. The van der Waals surface area contributed by atoms with Crippen LogP contribution in [0.3, 0.4) is 0 Å². The number of hydrogen-bond acceptors (Lipinski definition) is 7. The third-order valence-corrected chi connectivity index (χ3v) is 7.80. The van der Waals surface area contributed by atoms with Gasteiger partial charge in [0.1, 0.15) is 16.2 Å². The molecule has 35 heavy (non-hydrogen) atoms. The molecule has 0 aliphatic heterocycles. The van der Waals surface area contributed by atoms with Gasteiger partial charge in [-0.1, -0.05) is 62.1 Å². The molecule has 0 unspecified atom stereocenters. The predicted molar refractivity (Wildman–Crippen MR) is 146 cm³/mol. The van der Waals surface area contributed by atoms with E-state index in [1.165, 1.54) is 23.1 Å². The van der Waals surface area contributed by atoms with E-state index in [0.717, 1.165) is 17.0 Å². The van der Waals surface area contributed by atoms with Gasteiger partial charge in [-0.15, -0.1) is 0 Å². The Morgan fingerprint density at radius 3 is 2.43 bits per heavy atom. The number of ketones is 1. The monoisotopic (exact) mass is 525 g/mol. The summed E-state index contributed by atoms with van der Waals surface area (Å²) in [4.78, 5) is 31.5. The van der Waals surface area contributed by atoms with Gasteiger partial charge >= 0.3 is 0 Å². The second-order valence-electron chi connectivity index (χ2n) is 9.07. The number of aromatic nitrogens is 3. The van der Waals surface area contributed by atoms with Crippen LogP contribution in [0.4, 0.5) is 0 Å². The molecule has 4 rings (SSSR count). The van der Waals surface area contributed by atoms with Gasteiger partial charge in [-0.25, -0.2) is 4.98 Å². The first kappa shape index (κ1) is 25.3. The lowest BCUT2D eigenvalue weighted by Gasteiger charge is -2.17. The lowest BCUT2D eigenvalue weighted by atomic mass is 9.92. The van der Waals surface area contributed by atoms with E-state index in [-0.39, 0.29) is 17.1 Å². The molecule has 0 bridgehead atoms. The molecule has 0 aliphatic carbocycles. The fourth-order valence-electron chi connectivity index (χ4n) is 3.49. The summed E-state index contributed by atoms with van der Waals surface area (Å²) in [6.45, 7) is 10.1. The summed E-state index contributed by atoms with van der Waals surface area (Å²) in [5.41, 5.74) is 2.37. The first-order chi connectivity index (χ1) is 16.6. The average Bonchev–Trinajstić information content (AvgIpc) is 3.14. The van der Waals surface area contributed by atoms with Crippen molar-refractivity contribution in [1.82, 2.24) is 14.1 Å². The van der Waals surface area contributed by atoms with E-state index < -0.39 is 5.41 Å². The number of carbonyl (C=O) groups is 1. The zero-order valence-electron chi connectivity index (χ0n) is 20.3. The molecule has 0 saturated carbocycles. The van der Waals surface area contributed by atoms with Crippen molar-refractivity contribution in [2.45, 2.75) is 39.8 Å². The number of aryl methyl sites for hydroxylation is 1. The van der Waals surface area contributed by atoms with Crippen molar-refractivity contribution in [2.75, 3.05) is 12.4 Å². The van der Waals surface area contributed by atoms with Crippen molar-refractivity contribution in [3.8, 4) is 17.1 Å². The van der Waals surface area contributed by atoms with Crippen molar-refractivity contribution >= 4 is 51.4 Å². The molecule has 0 atom stereocenters. The van der Waals surface area contributed by atoms with Crippen molar-refractivity contribution < 1.29 is 9.53 Å². The maximum atomic E-state index is 13.8. The van der Waals surface area contributed by atoms with Gasteiger partial charge in [0, 0.05) is 5.41 Å². The molecular formula is C26H27N3O3S3. The number of rotatable bonds is 7. The van der Waals surface area contributed by atoms with Crippen molar-refractivity contribution in [3.63, 3.8) is 0 Å². The largest absolute Gasteiger partial charge is 0.494 e. The van der Waals surface area contributed by atoms with E-state index >= 15 is 0 Å². The minimum Gasteiger partial charge on any atom is -0.494 e. The van der Waals surface area contributed by atoms with Gasteiger partial charge < -0.3 is 4.74 Å². The van der Waals surface area contributed by atoms with Crippen LogP contribution in [-0.4, -0.2) is 32.3 Å². The smallest absolute Gasteiger partial charge is 0.278 e. The first-order valence-electron chi connectivity index (χ1n) is 11.3. The number of thiazole rings is 1. The van der Waals surface area contributed by atoms with Crippen molar-refractivity contribution in [3.05, 3.63) is 68.4 Å². The summed E-state index contributed by atoms with van der Waals surface area (Å²) in [5.74, 6) is 1.00. The van der Waals surface area contributed by atoms with Gasteiger partial charge in [0.2, 0.25) is 0 Å². The highest BCUT2D eigenvalue weighted by molar-refractivity contribution is 7.99. The van der Waals surface area contributed by atoms with Gasteiger partial charge in [-0.05, 0) is 62.0 Å². The molecular weight excluding hydrogens is 499 g/mol. The van der Waals surface area contributed by atoms with Gasteiger partial charge in [-0.3, -0.25) is 18.7 Å². The molecule has 6 nitrogen and oxygen atoms in total. The van der Waals surface area contributed by atoms with Gasteiger partial charge in [0.05, 0.1) is 23.7 Å². The Balaban J connectivity index is 1.94. The topological polar surface area (TPSA) is 66.1 Å². The minimum atomic E-state index is -0.488. The molecule has 2 aromatic carbocycles. The lowest BCUT2D eigenvalue weighted by molar-refractivity contribution is -0.123. The van der Waals surface area contributed by atoms with E-state index in [0.29, 0.717) is 31.8 Å². The average molecular weight is 526 g/mol. The second-order valence-corrected chi connectivity index (χ2v) is 11.7. The summed E-state index contributed by atoms with van der Waals surface area (Å²) in [6.07, 6.45) is 0. The Kier molecular flexibility index (Phi) is 7.30. The number of hydrogen-bond donors (Lipinski definition) is 0. The number of benzene rings is 2. The van der Waals surface area contributed by atoms with Crippen molar-refractivity contribution in [2.24, 2.45) is 5.41 Å². The van der Waals surface area contributed by atoms with Gasteiger partial charge in [0.25, 0.3) is 5.56 Å². The molecule has 0 aliphatic rings. The number of ether oxygens (including phenoxy) is 1. The van der Waals surface area contributed by atoms with E-state index in [4.69, 9.17) is 21.9 Å². The molecule has 2 heterocycles. The summed E-state index contributed by atoms with van der Waals surface area (Å²) in [6, 6.07) is 15.2. The van der Waals surface area contributed by atoms with E-state index in [9.17, 15) is 9.59 Å². The Morgan fingerprint density at radius 2 is 1.80 bits per heavy atom.